The highest BCUT2D eigenvalue weighted by atomic mass is 19.4. The van der Waals surface area contributed by atoms with Crippen LogP contribution in [0.5, 0.6) is 0 Å². The Labute approximate surface area is 111 Å². The van der Waals surface area contributed by atoms with Crippen molar-refractivity contribution in [2.75, 3.05) is 13.1 Å². The molecule has 20 heavy (non-hydrogen) atoms. The van der Waals surface area contributed by atoms with E-state index in [4.69, 9.17) is 5.11 Å². The number of likely N-dealkylation sites (tertiary alicyclic amines) is 1. The predicted octanol–water partition coefficient (Wildman–Crippen LogP) is 1.31. The Hall–Kier alpha value is -2.06. The van der Waals surface area contributed by atoms with Gasteiger partial charge in [0.1, 0.15) is 5.69 Å². The minimum absolute atomic E-state index is 0.0124. The minimum Gasteiger partial charge on any atom is -0.477 e. The van der Waals surface area contributed by atoms with Crippen molar-refractivity contribution in [1.82, 2.24) is 14.7 Å². The van der Waals surface area contributed by atoms with Crippen LogP contribution in [-0.2, 0) is 4.79 Å². The van der Waals surface area contributed by atoms with Gasteiger partial charge in [-0.15, -0.1) is 0 Å². The van der Waals surface area contributed by atoms with Gasteiger partial charge >= 0.3 is 18.1 Å². The van der Waals surface area contributed by atoms with Gasteiger partial charge in [-0.3, -0.25) is 9.48 Å². The number of rotatable bonds is 2. The fraction of sp³-hybridized carbons (Fsp3) is 0.545. The number of aromatic carboxylic acids is 1. The van der Waals surface area contributed by atoms with E-state index in [2.05, 4.69) is 5.10 Å². The number of nitrogens with zero attached hydrogens (tertiary/aromatic N) is 3. The van der Waals surface area contributed by atoms with Crippen LogP contribution in [0, 0.1) is 0 Å². The van der Waals surface area contributed by atoms with Gasteiger partial charge in [0.25, 0.3) is 0 Å². The molecule has 0 saturated carbocycles. The van der Waals surface area contributed by atoms with Crippen LogP contribution < -0.4 is 0 Å². The molecule has 110 valence electrons. The van der Waals surface area contributed by atoms with Crippen molar-refractivity contribution in [3.63, 3.8) is 0 Å². The number of alkyl halides is 3. The number of carboxylic acid groups (broad SMARTS) is 1. The normalized spacial score (nSPS) is 19.9. The minimum atomic E-state index is -4.92. The second-order valence-electron chi connectivity index (χ2n) is 4.51. The summed E-state index contributed by atoms with van der Waals surface area (Å²) in [5.74, 6) is -3.10. The summed E-state index contributed by atoms with van der Waals surface area (Å²) in [5, 5.41) is 12.8. The first-order chi connectivity index (χ1) is 9.30. The van der Waals surface area contributed by atoms with E-state index in [0.717, 1.165) is 4.68 Å². The van der Waals surface area contributed by atoms with Gasteiger partial charge in [-0.25, -0.2) is 4.79 Å². The number of carboxylic acids is 1. The molecule has 1 atom stereocenters. The number of hydrogen-bond acceptors (Lipinski definition) is 3. The third kappa shape index (κ3) is 2.75. The molecule has 2 rings (SSSR count). The van der Waals surface area contributed by atoms with Crippen LogP contribution in [0.25, 0.3) is 0 Å². The Morgan fingerprint density at radius 1 is 1.40 bits per heavy atom. The lowest BCUT2D eigenvalue weighted by Gasteiger charge is -2.33. The van der Waals surface area contributed by atoms with Crippen molar-refractivity contribution in [3.05, 3.63) is 18.0 Å². The van der Waals surface area contributed by atoms with E-state index < -0.39 is 24.1 Å². The molecule has 1 unspecified atom stereocenters. The highest BCUT2D eigenvalue weighted by Crippen LogP contribution is 2.26. The highest BCUT2D eigenvalue weighted by molar-refractivity contribution is 5.85. The zero-order valence-corrected chi connectivity index (χ0v) is 10.3. The van der Waals surface area contributed by atoms with Gasteiger partial charge in [0, 0.05) is 19.3 Å². The average molecular weight is 291 g/mol. The molecule has 0 spiro atoms. The second-order valence-corrected chi connectivity index (χ2v) is 4.51. The molecular formula is C11H12F3N3O3. The summed E-state index contributed by atoms with van der Waals surface area (Å²) in [7, 11) is 0. The van der Waals surface area contributed by atoms with Crippen molar-refractivity contribution < 1.29 is 27.9 Å². The van der Waals surface area contributed by atoms with Gasteiger partial charge in [0.05, 0.1) is 6.04 Å². The molecule has 1 N–H and O–H groups in total. The summed E-state index contributed by atoms with van der Waals surface area (Å²) in [4.78, 5) is 22.9. The first-order valence-corrected chi connectivity index (χ1v) is 5.93. The van der Waals surface area contributed by atoms with Gasteiger partial charge in [0.15, 0.2) is 0 Å². The van der Waals surface area contributed by atoms with E-state index in [0.29, 0.717) is 17.7 Å². The Morgan fingerprint density at radius 3 is 2.70 bits per heavy atom. The van der Waals surface area contributed by atoms with Crippen molar-refractivity contribution in [3.8, 4) is 0 Å². The number of amides is 1. The molecular weight excluding hydrogens is 279 g/mol. The van der Waals surface area contributed by atoms with Crippen molar-refractivity contribution in [1.29, 1.82) is 0 Å². The topological polar surface area (TPSA) is 75.4 Å². The van der Waals surface area contributed by atoms with Crippen LogP contribution in [-0.4, -0.2) is 50.9 Å². The van der Waals surface area contributed by atoms with Crippen LogP contribution in [0.15, 0.2) is 12.3 Å². The second kappa shape index (κ2) is 5.14. The maximum atomic E-state index is 12.4. The van der Waals surface area contributed by atoms with Gasteiger partial charge in [-0.2, -0.15) is 18.3 Å². The summed E-state index contributed by atoms with van der Waals surface area (Å²) in [6.07, 6.45) is -2.80. The lowest BCUT2D eigenvalue weighted by atomic mass is 10.1. The summed E-state index contributed by atoms with van der Waals surface area (Å²) in [5.41, 5.74) is -0.101. The zero-order chi connectivity index (χ0) is 14.9. The van der Waals surface area contributed by atoms with Crippen molar-refractivity contribution in [2.24, 2.45) is 0 Å². The molecule has 1 aliphatic heterocycles. The number of carbonyl (C=O) groups excluding carboxylic acids is 1. The maximum Gasteiger partial charge on any atom is 0.471 e. The van der Waals surface area contributed by atoms with E-state index >= 15 is 0 Å². The molecule has 1 saturated heterocycles. The number of piperidine rings is 1. The monoisotopic (exact) mass is 291 g/mol. The van der Waals surface area contributed by atoms with Crippen molar-refractivity contribution in [2.45, 2.75) is 25.1 Å². The number of carbonyl (C=O) groups is 2. The average Bonchev–Trinajstić information content (AvgIpc) is 2.86. The number of hydrogen-bond donors (Lipinski definition) is 1. The van der Waals surface area contributed by atoms with Crippen LogP contribution in [0.3, 0.4) is 0 Å². The van der Waals surface area contributed by atoms with Crippen LogP contribution in [0.2, 0.25) is 0 Å². The van der Waals surface area contributed by atoms with Gasteiger partial charge in [-0.1, -0.05) is 0 Å². The molecule has 0 bridgehead atoms. The van der Waals surface area contributed by atoms with Crippen LogP contribution >= 0.6 is 0 Å². The molecule has 1 amide bonds. The summed E-state index contributed by atoms with van der Waals surface area (Å²) in [6, 6.07) is 0.712. The third-order valence-electron chi connectivity index (χ3n) is 3.16. The Balaban J connectivity index is 2.17. The summed E-state index contributed by atoms with van der Waals surface area (Å²) in [6.45, 7) is -0.182. The van der Waals surface area contributed by atoms with Gasteiger partial charge < -0.3 is 10.0 Å². The molecule has 9 heteroatoms. The molecule has 2 heterocycles. The van der Waals surface area contributed by atoms with E-state index in [9.17, 15) is 22.8 Å². The van der Waals surface area contributed by atoms with E-state index in [-0.39, 0.29) is 18.8 Å². The Morgan fingerprint density at radius 2 is 2.10 bits per heavy atom. The first kappa shape index (κ1) is 14.4. The fourth-order valence-corrected chi connectivity index (χ4v) is 2.29. The quantitative estimate of drug-likeness (QED) is 0.891. The van der Waals surface area contributed by atoms with Crippen LogP contribution in [0.4, 0.5) is 13.2 Å². The van der Waals surface area contributed by atoms with Crippen molar-refractivity contribution >= 4 is 11.9 Å². The van der Waals surface area contributed by atoms with Gasteiger partial charge in [-0.05, 0) is 18.9 Å². The molecule has 1 aliphatic rings. The smallest absolute Gasteiger partial charge is 0.471 e. The molecule has 1 aromatic rings. The number of aromatic nitrogens is 2. The highest BCUT2D eigenvalue weighted by Gasteiger charge is 2.44. The lowest BCUT2D eigenvalue weighted by Crippen LogP contribution is -2.47. The number of halogens is 3. The van der Waals surface area contributed by atoms with E-state index in [1.54, 1.807) is 0 Å². The SMILES string of the molecule is O=C(O)c1ccnn1C1CCCN(C(=O)C(F)(F)F)C1. The molecule has 0 radical (unpaired) electrons. The van der Waals surface area contributed by atoms with Gasteiger partial charge in [0.2, 0.25) is 0 Å². The largest absolute Gasteiger partial charge is 0.477 e. The third-order valence-corrected chi connectivity index (χ3v) is 3.16. The lowest BCUT2D eigenvalue weighted by molar-refractivity contribution is -0.187. The van der Waals surface area contributed by atoms with E-state index in [1.165, 1.54) is 12.3 Å². The predicted molar refractivity (Wildman–Crippen MR) is 60.1 cm³/mol. The fourth-order valence-electron chi connectivity index (χ4n) is 2.29. The van der Waals surface area contributed by atoms with Crippen LogP contribution in [0.1, 0.15) is 29.4 Å². The molecule has 6 nitrogen and oxygen atoms in total. The summed E-state index contributed by atoms with van der Waals surface area (Å²) < 4.78 is 38.4. The molecule has 0 aromatic carbocycles. The molecule has 1 fully saturated rings. The Bertz CT molecular complexity index is 526. The Kier molecular flexibility index (Phi) is 3.69. The molecule has 1 aromatic heterocycles. The first-order valence-electron chi connectivity index (χ1n) is 5.93. The summed E-state index contributed by atoms with van der Waals surface area (Å²) >= 11 is 0. The maximum absolute atomic E-state index is 12.4. The standard InChI is InChI=1S/C11H12F3N3O3/c12-11(13,14)10(20)16-5-1-2-7(6-16)17-8(9(18)19)3-4-15-17/h3-4,7H,1-2,5-6H2,(H,18,19). The molecule has 0 aliphatic carbocycles. The van der Waals surface area contributed by atoms with E-state index in [1.807, 2.05) is 0 Å². The zero-order valence-electron chi connectivity index (χ0n) is 10.3.